The van der Waals surface area contributed by atoms with Crippen LogP contribution < -0.4 is 5.32 Å². The molecule has 0 spiro atoms. The standard InChI is InChI=1S/C12H11F3N4O2/c1-6-3-8(5-16-11(6)12(13,14)15)17-10(20)4-9-7(2)18-21-19-9/h3,5H,4H2,1-2H3,(H,17,20). The molecule has 0 aromatic carbocycles. The molecule has 0 atom stereocenters. The number of amides is 1. The molecule has 2 heterocycles. The zero-order valence-corrected chi connectivity index (χ0v) is 11.2. The highest BCUT2D eigenvalue weighted by Gasteiger charge is 2.34. The van der Waals surface area contributed by atoms with Crippen LogP contribution in [0.2, 0.25) is 0 Å². The number of carbonyl (C=O) groups is 1. The SMILES string of the molecule is Cc1cc(NC(=O)Cc2nonc2C)cnc1C(F)(F)F. The lowest BCUT2D eigenvalue weighted by molar-refractivity contribution is -0.141. The largest absolute Gasteiger partial charge is 0.433 e. The van der Waals surface area contributed by atoms with E-state index < -0.39 is 17.8 Å². The van der Waals surface area contributed by atoms with Gasteiger partial charge in [-0.15, -0.1) is 0 Å². The minimum atomic E-state index is -4.52. The summed E-state index contributed by atoms with van der Waals surface area (Å²) in [7, 11) is 0. The second-order valence-corrected chi connectivity index (χ2v) is 4.41. The van der Waals surface area contributed by atoms with Crippen LogP contribution in [0.25, 0.3) is 0 Å². The van der Waals surface area contributed by atoms with Gasteiger partial charge in [-0.3, -0.25) is 4.79 Å². The first-order valence-corrected chi connectivity index (χ1v) is 5.89. The van der Waals surface area contributed by atoms with Crippen LogP contribution in [0.5, 0.6) is 0 Å². The molecule has 0 fully saturated rings. The number of hydrogen-bond acceptors (Lipinski definition) is 5. The van der Waals surface area contributed by atoms with E-state index in [0.717, 1.165) is 6.20 Å². The van der Waals surface area contributed by atoms with Crippen molar-refractivity contribution in [1.29, 1.82) is 0 Å². The Hall–Kier alpha value is -2.45. The number of nitrogens with zero attached hydrogens (tertiary/aromatic N) is 3. The Kier molecular flexibility index (Phi) is 3.92. The van der Waals surface area contributed by atoms with Crippen molar-refractivity contribution in [2.45, 2.75) is 26.4 Å². The summed E-state index contributed by atoms with van der Waals surface area (Å²) in [6.45, 7) is 2.90. The van der Waals surface area contributed by atoms with Gasteiger partial charge in [0.2, 0.25) is 5.91 Å². The van der Waals surface area contributed by atoms with E-state index in [1.807, 2.05) is 0 Å². The fourth-order valence-corrected chi connectivity index (χ4v) is 1.71. The molecule has 6 nitrogen and oxygen atoms in total. The topological polar surface area (TPSA) is 80.9 Å². The molecule has 0 radical (unpaired) electrons. The Morgan fingerprint density at radius 3 is 2.57 bits per heavy atom. The molecule has 1 N–H and O–H groups in total. The summed E-state index contributed by atoms with van der Waals surface area (Å²) in [4.78, 5) is 15.1. The summed E-state index contributed by atoms with van der Waals surface area (Å²) >= 11 is 0. The highest BCUT2D eigenvalue weighted by atomic mass is 19.4. The third kappa shape index (κ3) is 3.56. The molecule has 0 aliphatic rings. The molecule has 1 amide bonds. The predicted octanol–water partition coefficient (Wildman–Crippen LogP) is 2.28. The van der Waals surface area contributed by atoms with Gasteiger partial charge in [-0.25, -0.2) is 9.61 Å². The van der Waals surface area contributed by atoms with Gasteiger partial charge in [-0.05, 0) is 25.5 Å². The number of aromatic nitrogens is 3. The number of aryl methyl sites for hydroxylation is 2. The Morgan fingerprint density at radius 1 is 1.33 bits per heavy atom. The van der Waals surface area contributed by atoms with Gasteiger partial charge >= 0.3 is 6.18 Å². The number of alkyl halides is 3. The van der Waals surface area contributed by atoms with Crippen molar-refractivity contribution in [2.75, 3.05) is 5.32 Å². The maximum absolute atomic E-state index is 12.6. The van der Waals surface area contributed by atoms with Gasteiger partial charge in [0, 0.05) is 0 Å². The monoisotopic (exact) mass is 300 g/mol. The van der Waals surface area contributed by atoms with Crippen LogP contribution in [0.15, 0.2) is 16.9 Å². The number of carbonyl (C=O) groups excluding carboxylic acids is 1. The first kappa shape index (κ1) is 14.9. The summed E-state index contributed by atoms with van der Waals surface area (Å²) in [6.07, 6.45) is -3.65. The van der Waals surface area contributed by atoms with E-state index in [2.05, 4.69) is 25.2 Å². The van der Waals surface area contributed by atoms with E-state index in [1.165, 1.54) is 13.0 Å². The average Bonchev–Trinajstić information content (AvgIpc) is 2.73. The van der Waals surface area contributed by atoms with E-state index >= 15 is 0 Å². The quantitative estimate of drug-likeness (QED) is 0.940. The van der Waals surface area contributed by atoms with Crippen LogP contribution >= 0.6 is 0 Å². The van der Waals surface area contributed by atoms with Crippen LogP contribution in [0.1, 0.15) is 22.6 Å². The number of nitrogens with one attached hydrogen (secondary N) is 1. The maximum Gasteiger partial charge on any atom is 0.433 e. The first-order valence-electron chi connectivity index (χ1n) is 5.89. The molecule has 0 unspecified atom stereocenters. The molecule has 2 aromatic heterocycles. The van der Waals surface area contributed by atoms with E-state index in [4.69, 9.17) is 0 Å². The van der Waals surface area contributed by atoms with Gasteiger partial charge in [-0.2, -0.15) is 13.2 Å². The lowest BCUT2D eigenvalue weighted by Crippen LogP contribution is -2.17. The Morgan fingerprint density at radius 2 is 2.05 bits per heavy atom. The van der Waals surface area contributed by atoms with Gasteiger partial charge in [0.15, 0.2) is 0 Å². The van der Waals surface area contributed by atoms with Gasteiger partial charge in [0.25, 0.3) is 0 Å². The summed E-state index contributed by atoms with van der Waals surface area (Å²) in [5.41, 5.74) is -0.0211. The highest BCUT2D eigenvalue weighted by Crippen LogP contribution is 2.30. The molecule has 112 valence electrons. The minimum absolute atomic E-state index is 0.0698. The molecule has 0 aliphatic carbocycles. The second kappa shape index (κ2) is 5.51. The van der Waals surface area contributed by atoms with Crippen molar-refractivity contribution in [3.8, 4) is 0 Å². The van der Waals surface area contributed by atoms with Crippen molar-refractivity contribution in [1.82, 2.24) is 15.3 Å². The number of rotatable bonds is 3. The van der Waals surface area contributed by atoms with E-state index in [9.17, 15) is 18.0 Å². The molecular formula is C12H11F3N4O2. The van der Waals surface area contributed by atoms with E-state index in [0.29, 0.717) is 11.4 Å². The van der Waals surface area contributed by atoms with Gasteiger partial charge < -0.3 is 5.32 Å². The summed E-state index contributed by atoms with van der Waals surface area (Å²) in [5, 5.41) is 9.52. The fraction of sp³-hybridized carbons (Fsp3) is 0.333. The van der Waals surface area contributed by atoms with Crippen LogP contribution in [0.3, 0.4) is 0 Å². The number of pyridine rings is 1. The third-order valence-corrected chi connectivity index (χ3v) is 2.70. The molecule has 21 heavy (non-hydrogen) atoms. The summed E-state index contributed by atoms with van der Waals surface area (Å²) in [6, 6.07) is 1.21. The Balaban J connectivity index is 2.08. The smallest absolute Gasteiger partial charge is 0.324 e. The lowest BCUT2D eigenvalue weighted by atomic mass is 10.2. The number of halogens is 3. The van der Waals surface area contributed by atoms with Crippen molar-refractivity contribution >= 4 is 11.6 Å². The van der Waals surface area contributed by atoms with Crippen molar-refractivity contribution in [3.05, 3.63) is 34.9 Å². The lowest BCUT2D eigenvalue weighted by Gasteiger charge is -2.11. The van der Waals surface area contributed by atoms with Gasteiger partial charge in [0.1, 0.15) is 17.1 Å². The molecule has 2 aromatic rings. The van der Waals surface area contributed by atoms with E-state index in [-0.39, 0.29) is 17.7 Å². The fourth-order valence-electron chi connectivity index (χ4n) is 1.71. The zero-order valence-electron chi connectivity index (χ0n) is 11.2. The number of anilines is 1. The third-order valence-electron chi connectivity index (χ3n) is 2.70. The van der Waals surface area contributed by atoms with Crippen molar-refractivity contribution < 1.29 is 22.6 Å². The van der Waals surface area contributed by atoms with Crippen LogP contribution in [-0.2, 0) is 17.4 Å². The molecule has 0 saturated carbocycles. The van der Waals surface area contributed by atoms with Crippen LogP contribution in [0.4, 0.5) is 18.9 Å². The molecule has 0 saturated heterocycles. The maximum atomic E-state index is 12.6. The Bertz CT molecular complexity index is 667. The van der Waals surface area contributed by atoms with E-state index in [1.54, 1.807) is 6.92 Å². The highest BCUT2D eigenvalue weighted by molar-refractivity contribution is 5.92. The Labute approximate surface area is 117 Å². The van der Waals surface area contributed by atoms with Crippen LogP contribution in [-0.4, -0.2) is 21.2 Å². The minimum Gasteiger partial charge on any atom is -0.324 e. The number of hydrogen-bond donors (Lipinski definition) is 1. The second-order valence-electron chi connectivity index (χ2n) is 4.41. The molecular weight excluding hydrogens is 289 g/mol. The zero-order chi connectivity index (χ0) is 15.6. The van der Waals surface area contributed by atoms with Gasteiger partial charge in [0.05, 0.1) is 18.3 Å². The average molecular weight is 300 g/mol. The molecule has 2 rings (SSSR count). The predicted molar refractivity (Wildman–Crippen MR) is 65.3 cm³/mol. The summed E-state index contributed by atoms with van der Waals surface area (Å²) < 4.78 is 42.1. The summed E-state index contributed by atoms with van der Waals surface area (Å²) in [5.74, 6) is -0.449. The molecule has 0 aliphatic heterocycles. The van der Waals surface area contributed by atoms with Crippen LogP contribution in [0, 0.1) is 13.8 Å². The molecule has 0 bridgehead atoms. The first-order chi connectivity index (χ1) is 9.77. The van der Waals surface area contributed by atoms with Crippen molar-refractivity contribution in [2.24, 2.45) is 0 Å². The van der Waals surface area contributed by atoms with Crippen molar-refractivity contribution in [3.63, 3.8) is 0 Å². The normalized spacial score (nSPS) is 11.5. The molecule has 9 heteroatoms. The van der Waals surface area contributed by atoms with Gasteiger partial charge in [-0.1, -0.05) is 10.3 Å².